The summed E-state index contributed by atoms with van der Waals surface area (Å²) in [6.45, 7) is 5.26. The minimum absolute atomic E-state index is 0.0361. The maximum Gasteiger partial charge on any atom is 0.254 e. The summed E-state index contributed by atoms with van der Waals surface area (Å²) in [6.07, 6.45) is 9.70. The van der Waals surface area contributed by atoms with Crippen LogP contribution in [0.4, 0.5) is 8.78 Å². The van der Waals surface area contributed by atoms with Crippen LogP contribution in [0.3, 0.4) is 0 Å². The Bertz CT molecular complexity index is 694. The van der Waals surface area contributed by atoms with Crippen molar-refractivity contribution >= 4 is 6.71 Å². The number of ether oxygens (including phenoxy) is 2. The van der Waals surface area contributed by atoms with E-state index in [1.54, 1.807) is 0 Å². The van der Waals surface area contributed by atoms with Crippen molar-refractivity contribution in [2.75, 3.05) is 13.4 Å². The Morgan fingerprint density at radius 2 is 1.76 bits per heavy atom. The molecule has 2 saturated heterocycles. The lowest BCUT2D eigenvalue weighted by atomic mass is 9.25. The molecule has 4 rings (SSSR count). The molecule has 3 fully saturated rings. The highest BCUT2D eigenvalue weighted by atomic mass is 19.3. The highest BCUT2D eigenvalue weighted by Gasteiger charge is 2.61. The third-order valence-electron chi connectivity index (χ3n) is 7.84. The Balaban J connectivity index is 1.54. The maximum absolute atomic E-state index is 13.9. The summed E-state index contributed by atoms with van der Waals surface area (Å²) >= 11 is 0. The second-order valence-corrected chi connectivity index (χ2v) is 9.58. The first-order valence-corrected chi connectivity index (χ1v) is 11.5. The van der Waals surface area contributed by atoms with E-state index in [0.29, 0.717) is 6.61 Å². The molecule has 29 heavy (non-hydrogen) atoms. The second kappa shape index (κ2) is 8.29. The third-order valence-corrected chi connectivity index (χ3v) is 7.84. The second-order valence-electron chi connectivity index (χ2n) is 9.58. The smallest absolute Gasteiger partial charge is 0.254 e. The molecule has 0 radical (unpaired) electrons. The van der Waals surface area contributed by atoms with Crippen molar-refractivity contribution in [3.63, 3.8) is 0 Å². The molecular formula is C22H35BF2N2O2. The molecule has 3 aliphatic rings. The van der Waals surface area contributed by atoms with Gasteiger partial charge in [-0.3, -0.25) is 4.68 Å². The van der Waals surface area contributed by atoms with Crippen LogP contribution >= 0.6 is 0 Å². The highest BCUT2D eigenvalue weighted by Crippen LogP contribution is 2.55. The summed E-state index contributed by atoms with van der Waals surface area (Å²) < 4.78 is 41.0. The van der Waals surface area contributed by atoms with Gasteiger partial charge in [0.2, 0.25) is 0 Å². The third kappa shape index (κ3) is 4.14. The van der Waals surface area contributed by atoms with Crippen LogP contribution in [0.1, 0.15) is 75.2 Å². The van der Waals surface area contributed by atoms with E-state index < -0.39 is 11.5 Å². The first kappa shape index (κ1) is 21.3. The molecule has 2 bridgehead atoms. The number of hydrogen-bond acceptors (Lipinski definition) is 3. The van der Waals surface area contributed by atoms with Crippen LogP contribution in [0.15, 0.2) is 0 Å². The molecule has 0 N–H and O–H groups in total. The Hall–Kier alpha value is -0.945. The van der Waals surface area contributed by atoms with Crippen molar-refractivity contribution in [1.29, 1.82) is 0 Å². The first-order chi connectivity index (χ1) is 13.9. The Labute approximate surface area is 173 Å². The van der Waals surface area contributed by atoms with Crippen LogP contribution in [-0.2, 0) is 28.5 Å². The van der Waals surface area contributed by atoms with E-state index in [-0.39, 0.29) is 19.6 Å². The van der Waals surface area contributed by atoms with Crippen LogP contribution < -0.4 is 0 Å². The van der Waals surface area contributed by atoms with Gasteiger partial charge < -0.3 is 9.47 Å². The predicted molar refractivity (Wildman–Crippen MR) is 111 cm³/mol. The van der Waals surface area contributed by atoms with Crippen LogP contribution in [0.25, 0.3) is 0 Å². The highest BCUT2D eigenvalue weighted by molar-refractivity contribution is 6.62. The van der Waals surface area contributed by atoms with Crippen molar-refractivity contribution in [3.8, 4) is 0 Å². The normalized spacial score (nSPS) is 27.7. The number of alkyl halides is 2. The Morgan fingerprint density at radius 3 is 2.31 bits per heavy atom. The molecule has 1 aliphatic carbocycles. The number of fused-ring (bicyclic) bond motifs is 2. The lowest BCUT2D eigenvalue weighted by Crippen LogP contribution is -2.52. The van der Waals surface area contributed by atoms with Gasteiger partial charge >= 0.3 is 0 Å². The standard InChI is InChI=1S/C22H35BF2N2O2/c1-4-28-15-29-21(13-22(24,25)14-21)20-19(16(2)27(3)26-20)11-12-23-17-7-5-8-18(23)10-6-9-17/h17-18H,4-15H2,1-3H3. The summed E-state index contributed by atoms with van der Waals surface area (Å²) in [7, 11) is 1.91. The lowest BCUT2D eigenvalue weighted by molar-refractivity contribution is -0.264. The lowest BCUT2D eigenvalue weighted by Gasteiger charge is -2.46. The van der Waals surface area contributed by atoms with E-state index in [4.69, 9.17) is 9.47 Å². The van der Waals surface area contributed by atoms with E-state index in [1.807, 2.05) is 18.7 Å². The van der Waals surface area contributed by atoms with Gasteiger partial charge in [-0.2, -0.15) is 5.10 Å². The van der Waals surface area contributed by atoms with Gasteiger partial charge in [0.15, 0.2) is 0 Å². The van der Waals surface area contributed by atoms with Gasteiger partial charge in [-0.05, 0) is 25.8 Å². The number of aromatic nitrogens is 2. The molecule has 0 amide bonds. The fraction of sp³-hybridized carbons (Fsp3) is 0.864. The van der Waals surface area contributed by atoms with Crippen molar-refractivity contribution in [1.82, 2.24) is 9.78 Å². The molecule has 1 aromatic heterocycles. The first-order valence-electron chi connectivity index (χ1n) is 11.5. The van der Waals surface area contributed by atoms with Gasteiger partial charge in [-0.15, -0.1) is 0 Å². The molecule has 0 unspecified atom stereocenters. The predicted octanol–water partition coefficient (Wildman–Crippen LogP) is 5.51. The van der Waals surface area contributed by atoms with Crippen molar-refractivity contribution in [3.05, 3.63) is 17.0 Å². The SMILES string of the molecule is CCOCOC1(c2nn(C)c(C)c2CCB2C3CCCC2CCC3)CC(F)(F)C1. The molecule has 1 saturated carbocycles. The zero-order chi connectivity index (χ0) is 20.6. The molecule has 7 heteroatoms. The summed E-state index contributed by atoms with van der Waals surface area (Å²) in [5.41, 5.74) is 1.92. The van der Waals surface area contributed by atoms with Gasteiger partial charge in [0.25, 0.3) is 5.92 Å². The largest absolute Gasteiger partial charge is 0.356 e. The summed E-state index contributed by atoms with van der Waals surface area (Å²) in [5, 5.41) is 4.69. The van der Waals surface area contributed by atoms with Crippen molar-refractivity contribution in [2.24, 2.45) is 7.05 Å². The Morgan fingerprint density at radius 1 is 1.14 bits per heavy atom. The molecular weight excluding hydrogens is 373 g/mol. The minimum atomic E-state index is -2.69. The number of aryl methyl sites for hydroxylation is 1. The minimum Gasteiger partial charge on any atom is -0.356 e. The van der Waals surface area contributed by atoms with Crippen LogP contribution in [0, 0.1) is 6.92 Å². The average Bonchev–Trinajstić information content (AvgIpc) is 2.93. The number of hydrogen-bond donors (Lipinski definition) is 0. The number of halogens is 2. The molecule has 0 atom stereocenters. The topological polar surface area (TPSA) is 36.3 Å². The van der Waals surface area contributed by atoms with Crippen LogP contribution in [0.5, 0.6) is 0 Å². The fourth-order valence-electron chi connectivity index (χ4n) is 6.27. The molecule has 4 nitrogen and oxygen atoms in total. The van der Waals surface area contributed by atoms with E-state index in [2.05, 4.69) is 12.0 Å². The molecule has 162 valence electrons. The summed E-state index contributed by atoms with van der Waals surface area (Å²) in [4.78, 5) is 0. The molecule has 3 heterocycles. The summed E-state index contributed by atoms with van der Waals surface area (Å²) in [5.74, 6) is -0.965. The molecule has 1 aromatic rings. The van der Waals surface area contributed by atoms with Crippen molar-refractivity contribution in [2.45, 2.75) is 101 Å². The van der Waals surface area contributed by atoms with Crippen molar-refractivity contribution < 1.29 is 18.3 Å². The fourth-order valence-corrected chi connectivity index (χ4v) is 6.27. The molecule has 0 aromatic carbocycles. The molecule has 2 aliphatic heterocycles. The van der Waals surface area contributed by atoms with Gasteiger partial charge in [-0.1, -0.05) is 56.5 Å². The van der Waals surface area contributed by atoms with E-state index in [0.717, 1.165) is 48.0 Å². The maximum atomic E-state index is 13.9. The van der Waals surface area contributed by atoms with E-state index in [9.17, 15) is 8.78 Å². The summed E-state index contributed by atoms with van der Waals surface area (Å²) in [6, 6.07) is 0. The van der Waals surface area contributed by atoms with Gasteiger partial charge in [0.05, 0.1) is 5.69 Å². The van der Waals surface area contributed by atoms with Crippen LogP contribution in [-0.4, -0.2) is 35.8 Å². The zero-order valence-electron chi connectivity index (χ0n) is 18.2. The van der Waals surface area contributed by atoms with Gasteiger partial charge in [0.1, 0.15) is 19.1 Å². The monoisotopic (exact) mass is 408 g/mol. The van der Waals surface area contributed by atoms with E-state index >= 15 is 0 Å². The Kier molecular flexibility index (Phi) is 6.09. The van der Waals surface area contributed by atoms with Gasteiger partial charge in [0, 0.05) is 32.2 Å². The average molecular weight is 408 g/mol. The number of rotatable bonds is 8. The van der Waals surface area contributed by atoms with E-state index in [1.165, 1.54) is 38.5 Å². The zero-order valence-corrected chi connectivity index (χ0v) is 18.2. The number of nitrogens with zero attached hydrogens (tertiary/aromatic N) is 2. The molecule has 0 spiro atoms. The van der Waals surface area contributed by atoms with Gasteiger partial charge in [-0.25, -0.2) is 8.78 Å². The quantitative estimate of drug-likeness (QED) is 0.323. The van der Waals surface area contributed by atoms with Crippen LogP contribution in [0.2, 0.25) is 18.0 Å².